The van der Waals surface area contributed by atoms with Crippen molar-refractivity contribution in [1.29, 1.82) is 0 Å². The smallest absolute Gasteiger partial charge is 0.123 e. The third kappa shape index (κ3) is 3.70. The van der Waals surface area contributed by atoms with Gasteiger partial charge in [-0.15, -0.1) is 0 Å². The van der Waals surface area contributed by atoms with Gasteiger partial charge in [-0.3, -0.25) is 0 Å². The predicted molar refractivity (Wildman–Crippen MR) is 71.3 cm³/mol. The second-order valence-corrected chi connectivity index (χ2v) is 5.01. The highest BCUT2D eigenvalue weighted by molar-refractivity contribution is 5.22. The number of hydrogen-bond donors (Lipinski definition) is 1. The molecule has 0 unspecified atom stereocenters. The second-order valence-electron chi connectivity index (χ2n) is 5.01. The van der Waals surface area contributed by atoms with Gasteiger partial charge >= 0.3 is 0 Å². The lowest BCUT2D eigenvalue weighted by Gasteiger charge is -2.24. The summed E-state index contributed by atoms with van der Waals surface area (Å²) in [4.78, 5) is 0. The number of benzene rings is 1. The zero-order valence-electron chi connectivity index (χ0n) is 11.0. The first-order valence-electron chi connectivity index (χ1n) is 6.92. The van der Waals surface area contributed by atoms with Crippen molar-refractivity contribution in [3.8, 4) is 5.75 Å². The minimum atomic E-state index is -0.213. The minimum absolute atomic E-state index is 0.213. The molecule has 0 saturated carbocycles. The van der Waals surface area contributed by atoms with E-state index in [0.29, 0.717) is 5.92 Å². The molecule has 0 aliphatic carbocycles. The summed E-state index contributed by atoms with van der Waals surface area (Å²) in [6, 6.07) is 6.35. The average molecular weight is 251 g/mol. The first kappa shape index (κ1) is 13.3. The largest absolute Gasteiger partial charge is 0.490 e. The normalized spacial score (nSPS) is 20.9. The molecule has 1 heterocycles. The van der Waals surface area contributed by atoms with Crippen molar-refractivity contribution in [3.05, 3.63) is 30.1 Å². The Kier molecular flexibility index (Phi) is 5.00. The molecule has 2 atom stereocenters. The maximum absolute atomic E-state index is 12.9. The summed E-state index contributed by atoms with van der Waals surface area (Å²) in [5.41, 5.74) is 0. The predicted octanol–water partition coefficient (Wildman–Crippen LogP) is 3.37. The third-order valence-corrected chi connectivity index (χ3v) is 3.57. The third-order valence-electron chi connectivity index (χ3n) is 3.57. The zero-order valence-corrected chi connectivity index (χ0v) is 11.0. The van der Waals surface area contributed by atoms with Crippen molar-refractivity contribution >= 4 is 0 Å². The lowest BCUT2D eigenvalue weighted by molar-refractivity contribution is 0.130. The van der Waals surface area contributed by atoms with Crippen LogP contribution in [0.1, 0.15) is 32.6 Å². The first-order chi connectivity index (χ1) is 8.79. The summed E-state index contributed by atoms with van der Waals surface area (Å²) < 4.78 is 18.9. The maximum Gasteiger partial charge on any atom is 0.123 e. The Balaban J connectivity index is 1.97. The molecule has 0 bridgehead atoms. The highest BCUT2D eigenvalue weighted by Gasteiger charge is 2.25. The Morgan fingerprint density at radius 3 is 2.78 bits per heavy atom. The van der Waals surface area contributed by atoms with E-state index in [9.17, 15) is 4.39 Å². The van der Waals surface area contributed by atoms with Crippen LogP contribution >= 0.6 is 0 Å². The summed E-state index contributed by atoms with van der Waals surface area (Å²) in [5, 5.41) is 3.38. The fourth-order valence-electron chi connectivity index (χ4n) is 2.48. The summed E-state index contributed by atoms with van der Waals surface area (Å²) >= 11 is 0. The molecule has 1 aromatic rings. The molecule has 18 heavy (non-hydrogen) atoms. The van der Waals surface area contributed by atoms with Gasteiger partial charge in [0.1, 0.15) is 17.7 Å². The van der Waals surface area contributed by atoms with Gasteiger partial charge in [-0.1, -0.05) is 19.8 Å². The molecule has 3 heteroatoms. The highest BCUT2D eigenvalue weighted by Crippen LogP contribution is 2.23. The molecule has 0 amide bonds. The molecule has 100 valence electrons. The van der Waals surface area contributed by atoms with Crippen LogP contribution in [0.2, 0.25) is 0 Å². The molecule has 1 fully saturated rings. The average Bonchev–Trinajstić information content (AvgIpc) is 2.90. The Morgan fingerprint density at radius 1 is 1.39 bits per heavy atom. The van der Waals surface area contributed by atoms with Crippen molar-refractivity contribution in [2.24, 2.45) is 5.92 Å². The van der Waals surface area contributed by atoms with Crippen LogP contribution in [-0.4, -0.2) is 19.2 Å². The topological polar surface area (TPSA) is 21.3 Å². The molecular weight excluding hydrogens is 229 g/mol. The van der Waals surface area contributed by atoms with Gasteiger partial charge in [-0.2, -0.15) is 0 Å². The van der Waals surface area contributed by atoms with Gasteiger partial charge in [-0.25, -0.2) is 4.39 Å². The van der Waals surface area contributed by atoms with Gasteiger partial charge in [0.15, 0.2) is 0 Å². The fourth-order valence-corrected chi connectivity index (χ4v) is 2.48. The van der Waals surface area contributed by atoms with E-state index in [1.165, 1.54) is 31.4 Å². The van der Waals surface area contributed by atoms with Crippen molar-refractivity contribution in [3.63, 3.8) is 0 Å². The van der Waals surface area contributed by atoms with E-state index in [-0.39, 0.29) is 11.9 Å². The summed E-state index contributed by atoms with van der Waals surface area (Å²) in [5.74, 6) is 1.15. The number of rotatable bonds is 6. The van der Waals surface area contributed by atoms with Gasteiger partial charge in [0, 0.05) is 12.5 Å². The van der Waals surface area contributed by atoms with Gasteiger partial charge in [0.2, 0.25) is 0 Å². The molecule has 1 aromatic carbocycles. The molecule has 0 spiro atoms. The number of unbranched alkanes of at least 4 members (excludes halogenated alkanes) is 1. The van der Waals surface area contributed by atoms with Crippen LogP contribution in [0.4, 0.5) is 4.39 Å². The van der Waals surface area contributed by atoms with Crippen LogP contribution in [0, 0.1) is 11.7 Å². The molecule has 1 aliphatic heterocycles. The standard InChI is InChI=1S/C15H22FNO/c1-2-3-4-15(12-9-10-17-11-12)18-14-7-5-13(16)6-8-14/h5-8,12,15,17H,2-4,9-11H2,1H3/t12-,15+/m0/s1. The van der Waals surface area contributed by atoms with E-state index >= 15 is 0 Å². The Labute approximate surface area is 109 Å². The molecule has 1 N–H and O–H groups in total. The van der Waals surface area contributed by atoms with Gasteiger partial charge in [0.05, 0.1) is 0 Å². The van der Waals surface area contributed by atoms with Gasteiger partial charge < -0.3 is 10.1 Å². The molecule has 2 nitrogen and oxygen atoms in total. The Morgan fingerprint density at radius 2 is 2.17 bits per heavy atom. The molecule has 1 saturated heterocycles. The van der Waals surface area contributed by atoms with Crippen molar-refractivity contribution in [1.82, 2.24) is 5.32 Å². The van der Waals surface area contributed by atoms with Crippen LogP contribution in [0.3, 0.4) is 0 Å². The van der Waals surface area contributed by atoms with E-state index in [1.54, 1.807) is 12.1 Å². The molecule has 0 aromatic heterocycles. The van der Waals surface area contributed by atoms with Crippen LogP contribution < -0.4 is 10.1 Å². The van der Waals surface area contributed by atoms with E-state index in [1.807, 2.05) is 0 Å². The van der Waals surface area contributed by atoms with Crippen LogP contribution in [0.15, 0.2) is 24.3 Å². The lowest BCUT2D eigenvalue weighted by Crippen LogP contribution is -2.28. The molecular formula is C15H22FNO. The van der Waals surface area contributed by atoms with Crippen LogP contribution in [0.5, 0.6) is 5.75 Å². The van der Waals surface area contributed by atoms with Gasteiger partial charge in [0.25, 0.3) is 0 Å². The minimum Gasteiger partial charge on any atom is -0.490 e. The van der Waals surface area contributed by atoms with Crippen LogP contribution in [-0.2, 0) is 0 Å². The molecule has 2 rings (SSSR count). The SMILES string of the molecule is CCCC[C@@H](Oc1ccc(F)cc1)[C@H]1CCNC1. The monoisotopic (exact) mass is 251 g/mol. The Hall–Kier alpha value is -1.09. The van der Waals surface area contributed by atoms with E-state index in [0.717, 1.165) is 25.3 Å². The summed E-state index contributed by atoms with van der Waals surface area (Å²) in [6.07, 6.45) is 4.88. The maximum atomic E-state index is 12.9. The molecule has 0 radical (unpaired) electrons. The van der Waals surface area contributed by atoms with E-state index in [4.69, 9.17) is 4.74 Å². The summed E-state index contributed by atoms with van der Waals surface area (Å²) in [6.45, 7) is 4.32. The fraction of sp³-hybridized carbons (Fsp3) is 0.600. The highest BCUT2D eigenvalue weighted by atomic mass is 19.1. The van der Waals surface area contributed by atoms with Crippen molar-refractivity contribution in [2.75, 3.05) is 13.1 Å². The number of hydrogen-bond acceptors (Lipinski definition) is 2. The number of nitrogens with one attached hydrogen (secondary N) is 1. The van der Waals surface area contributed by atoms with Crippen LogP contribution in [0.25, 0.3) is 0 Å². The van der Waals surface area contributed by atoms with E-state index < -0.39 is 0 Å². The Bertz CT molecular complexity index is 346. The second kappa shape index (κ2) is 6.74. The summed E-state index contributed by atoms with van der Waals surface area (Å²) in [7, 11) is 0. The van der Waals surface area contributed by atoms with Gasteiger partial charge in [-0.05, 0) is 43.7 Å². The van der Waals surface area contributed by atoms with Crippen molar-refractivity contribution < 1.29 is 9.13 Å². The number of halogens is 1. The zero-order chi connectivity index (χ0) is 12.8. The molecule has 1 aliphatic rings. The van der Waals surface area contributed by atoms with E-state index in [2.05, 4.69) is 12.2 Å². The first-order valence-corrected chi connectivity index (χ1v) is 6.92. The lowest BCUT2D eigenvalue weighted by atomic mass is 9.97. The van der Waals surface area contributed by atoms with Crippen molar-refractivity contribution in [2.45, 2.75) is 38.7 Å². The quantitative estimate of drug-likeness (QED) is 0.837. The number of ether oxygens (including phenoxy) is 1.